The van der Waals surface area contributed by atoms with Crippen molar-refractivity contribution < 1.29 is 5.11 Å². The number of hydrogen-bond acceptors (Lipinski definition) is 5. The highest BCUT2D eigenvalue weighted by Gasteiger charge is 2.13. The predicted molar refractivity (Wildman–Crippen MR) is 76.8 cm³/mol. The molecule has 100 valence electrons. The highest BCUT2D eigenvalue weighted by atomic mass is 16.3. The van der Waals surface area contributed by atoms with Gasteiger partial charge in [0.05, 0.1) is 12.6 Å². The number of anilines is 2. The van der Waals surface area contributed by atoms with Gasteiger partial charge in [0.25, 0.3) is 0 Å². The summed E-state index contributed by atoms with van der Waals surface area (Å²) in [5.74, 6) is 1.71. The van der Waals surface area contributed by atoms with Crippen LogP contribution in [0.25, 0.3) is 11.4 Å². The zero-order valence-corrected chi connectivity index (χ0v) is 11.1. The average Bonchev–Trinajstić information content (AvgIpc) is 2.46. The summed E-state index contributed by atoms with van der Waals surface area (Å²) in [5, 5.41) is 9.21. The van der Waals surface area contributed by atoms with Crippen LogP contribution in [-0.2, 0) is 0 Å². The Labute approximate surface area is 112 Å². The first-order valence-electron chi connectivity index (χ1n) is 6.15. The Morgan fingerprint density at radius 3 is 2.58 bits per heavy atom. The summed E-state index contributed by atoms with van der Waals surface area (Å²) in [4.78, 5) is 10.6. The average molecular weight is 258 g/mol. The molecule has 3 N–H and O–H groups in total. The molecule has 0 aliphatic carbocycles. The summed E-state index contributed by atoms with van der Waals surface area (Å²) in [5.41, 5.74) is 6.75. The minimum atomic E-state index is -0.0297. The molecule has 0 aliphatic heterocycles. The molecule has 5 nitrogen and oxygen atoms in total. The number of nitrogens with two attached hydrogens (primary N) is 1. The van der Waals surface area contributed by atoms with Crippen LogP contribution in [0, 0.1) is 0 Å². The lowest BCUT2D eigenvalue weighted by atomic mass is 10.2. The van der Waals surface area contributed by atoms with Crippen LogP contribution in [0.4, 0.5) is 11.6 Å². The summed E-state index contributed by atoms with van der Waals surface area (Å²) in [6.07, 6.45) is 0. The van der Waals surface area contributed by atoms with Gasteiger partial charge in [0.2, 0.25) is 0 Å². The van der Waals surface area contributed by atoms with Crippen molar-refractivity contribution in [1.82, 2.24) is 9.97 Å². The Morgan fingerprint density at radius 1 is 1.26 bits per heavy atom. The lowest BCUT2D eigenvalue weighted by Gasteiger charge is -2.24. The normalized spacial score (nSPS) is 12.2. The van der Waals surface area contributed by atoms with E-state index in [0.29, 0.717) is 17.5 Å². The van der Waals surface area contributed by atoms with Gasteiger partial charge >= 0.3 is 0 Å². The van der Waals surface area contributed by atoms with Crippen molar-refractivity contribution in [1.29, 1.82) is 0 Å². The number of nitrogens with zero attached hydrogens (tertiary/aromatic N) is 3. The summed E-state index contributed by atoms with van der Waals surface area (Å²) < 4.78 is 0. The van der Waals surface area contributed by atoms with E-state index in [1.54, 1.807) is 6.07 Å². The zero-order valence-electron chi connectivity index (χ0n) is 11.1. The molecule has 2 aromatic rings. The number of likely N-dealkylation sites (N-methyl/N-ethyl adjacent to an activating group) is 1. The van der Waals surface area contributed by atoms with Crippen molar-refractivity contribution in [3.05, 3.63) is 36.4 Å². The Morgan fingerprint density at radius 2 is 1.95 bits per heavy atom. The monoisotopic (exact) mass is 258 g/mol. The van der Waals surface area contributed by atoms with E-state index in [2.05, 4.69) is 9.97 Å². The first kappa shape index (κ1) is 13.3. The topological polar surface area (TPSA) is 75.3 Å². The van der Waals surface area contributed by atoms with Crippen LogP contribution in [0.5, 0.6) is 0 Å². The third-order valence-electron chi connectivity index (χ3n) is 3.05. The second-order valence-corrected chi connectivity index (χ2v) is 4.48. The minimum Gasteiger partial charge on any atom is -0.394 e. The maximum absolute atomic E-state index is 9.21. The number of benzene rings is 1. The molecule has 0 bridgehead atoms. The molecule has 1 heterocycles. The van der Waals surface area contributed by atoms with E-state index in [1.807, 2.05) is 49.2 Å². The molecule has 0 radical (unpaired) electrons. The van der Waals surface area contributed by atoms with E-state index in [1.165, 1.54) is 0 Å². The molecule has 1 aromatic carbocycles. The maximum Gasteiger partial charge on any atom is 0.163 e. The Balaban J connectivity index is 2.40. The molecule has 19 heavy (non-hydrogen) atoms. The summed E-state index contributed by atoms with van der Waals surface area (Å²) >= 11 is 0. The smallest absolute Gasteiger partial charge is 0.163 e. The molecule has 0 saturated carbocycles. The lowest BCUT2D eigenvalue weighted by molar-refractivity contribution is 0.270. The number of hydrogen-bond donors (Lipinski definition) is 2. The highest BCUT2D eigenvalue weighted by molar-refractivity contribution is 5.60. The van der Waals surface area contributed by atoms with Gasteiger partial charge in [-0.1, -0.05) is 30.3 Å². The fraction of sp³-hybridized carbons (Fsp3) is 0.286. The first-order valence-corrected chi connectivity index (χ1v) is 6.15. The third kappa shape index (κ3) is 3.00. The van der Waals surface area contributed by atoms with Gasteiger partial charge in [-0.3, -0.25) is 0 Å². The highest BCUT2D eigenvalue weighted by Crippen LogP contribution is 2.21. The fourth-order valence-electron chi connectivity index (χ4n) is 1.70. The summed E-state index contributed by atoms with van der Waals surface area (Å²) in [6, 6.07) is 11.4. The lowest BCUT2D eigenvalue weighted by Crippen LogP contribution is -2.32. The quantitative estimate of drug-likeness (QED) is 0.870. The van der Waals surface area contributed by atoms with Gasteiger partial charge in [-0.25, -0.2) is 9.97 Å². The van der Waals surface area contributed by atoms with Gasteiger partial charge < -0.3 is 15.7 Å². The number of aliphatic hydroxyl groups is 1. The van der Waals surface area contributed by atoms with Gasteiger partial charge in [-0.05, 0) is 6.92 Å². The molecule has 0 spiro atoms. The molecule has 1 unspecified atom stereocenters. The minimum absolute atomic E-state index is 0.0297. The number of aromatic nitrogens is 2. The molecular formula is C14H18N4O. The van der Waals surface area contributed by atoms with Gasteiger partial charge in [0.15, 0.2) is 5.82 Å². The van der Waals surface area contributed by atoms with Crippen LogP contribution >= 0.6 is 0 Å². The standard InChI is InChI=1S/C14H18N4O/c1-10(9-19)18(2)13-8-12(15)16-14(17-13)11-6-4-3-5-7-11/h3-8,10,19H,9H2,1-2H3,(H2,15,16,17). The van der Waals surface area contributed by atoms with Crippen molar-refractivity contribution in [3.63, 3.8) is 0 Å². The van der Waals surface area contributed by atoms with Gasteiger partial charge in [-0.2, -0.15) is 0 Å². The van der Waals surface area contributed by atoms with Crippen LogP contribution in [0.1, 0.15) is 6.92 Å². The second kappa shape index (κ2) is 5.67. The van der Waals surface area contributed by atoms with E-state index in [4.69, 9.17) is 5.73 Å². The fourth-order valence-corrected chi connectivity index (χ4v) is 1.70. The Hall–Kier alpha value is -2.14. The molecule has 1 atom stereocenters. The van der Waals surface area contributed by atoms with Crippen LogP contribution in [-0.4, -0.2) is 34.8 Å². The molecule has 5 heteroatoms. The zero-order chi connectivity index (χ0) is 13.8. The summed E-state index contributed by atoms with van der Waals surface area (Å²) in [6.45, 7) is 1.97. The summed E-state index contributed by atoms with van der Waals surface area (Å²) in [7, 11) is 1.87. The van der Waals surface area contributed by atoms with Crippen LogP contribution in [0.2, 0.25) is 0 Å². The van der Waals surface area contributed by atoms with E-state index in [-0.39, 0.29) is 12.6 Å². The first-order chi connectivity index (χ1) is 9.11. The molecule has 0 aliphatic rings. The third-order valence-corrected chi connectivity index (χ3v) is 3.05. The van der Waals surface area contributed by atoms with Crippen LogP contribution in [0.15, 0.2) is 36.4 Å². The predicted octanol–water partition coefficient (Wildman–Crippen LogP) is 1.54. The molecule has 0 amide bonds. The Bertz CT molecular complexity index is 544. The Kier molecular flexibility index (Phi) is 3.97. The molecule has 0 fully saturated rings. The van der Waals surface area contributed by atoms with Gasteiger partial charge in [-0.15, -0.1) is 0 Å². The SMILES string of the molecule is CC(CO)N(C)c1cc(N)nc(-c2ccccc2)n1. The molecular weight excluding hydrogens is 240 g/mol. The van der Waals surface area contributed by atoms with Gasteiger partial charge in [0, 0.05) is 18.7 Å². The van der Waals surface area contributed by atoms with Crippen molar-refractivity contribution in [2.45, 2.75) is 13.0 Å². The van der Waals surface area contributed by atoms with Crippen molar-refractivity contribution in [2.75, 3.05) is 24.3 Å². The number of rotatable bonds is 4. The van der Waals surface area contributed by atoms with E-state index >= 15 is 0 Å². The largest absolute Gasteiger partial charge is 0.394 e. The molecule has 2 rings (SSSR count). The van der Waals surface area contributed by atoms with Crippen LogP contribution in [0.3, 0.4) is 0 Å². The van der Waals surface area contributed by atoms with E-state index in [9.17, 15) is 5.11 Å². The van der Waals surface area contributed by atoms with E-state index < -0.39 is 0 Å². The van der Waals surface area contributed by atoms with Crippen LogP contribution < -0.4 is 10.6 Å². The maximum atomic E-state index is 9.21. The molecule has 0 saturated heterocycles. The van der Waals surface area contributed by atoms with Crippen molar-refractivity contribution in [2.24, 2.45) is 0 Å². The van der Waals surface area contributed by atoms with Crippen molar-refractivity contribution in [3.8, 4) is 11.4 Å². The van der Waals surface area contributed by atoms with Crippen molar-refractivity contribution >= 4 is 11.6 Å². The number of nitrogen functional groups attached to an aromatic ring is 1. The number of aliphatic hydroxyl groups excluding tert-OH is 1. The van der Waals surface area contributed by atoms with Gasteiger partial charge in [0.1, 0.15) is 11.6 Å². The molecule has 1 aromatic heterocycles. The van der Waals surface area contributed by atoms with E-state index in [0.717, 1.165) is 5.56 Å². The second-order valence-electron chi connectivity index (χ2n) is 4.48.